The van der Waals surface area contributed by atoms with Crippen molar-refractivity contribution in [1.82, 2.24) is 10.3 Å². The lowest BCUT2D eigenvalue weighted by Gasteiger charge is -2.11. The predicted molar refractivity (Wildman–Crippen MR) is 75.8 cm³/mol. The van der Waals surface area contributed by atoms with Gasteiger partial charge in [0.25, 0.3) is 0 Å². The molecule has 0 fully saturated rings. The van der Waals surface area contributed by atoms with E-state index in [1.54, 1.807) is 11.3 Å². The Hall–Kier alpha value is -0.710. The van der Waals surface area contributed by atoms with Crippen LogP contribution in [0.15, 0.2) is 22.9 Å². The van der Waals surface area contributed by atoms with Crippen LogP contribution in [0.4, 0.5) is 0 Å². The van der Waals surface area contributed by atoms with Gasteiger partial charge in [0.05, 0.1) is 10.7 Å². The zero-order valence-corrected chi connectivity index (χ0v) is 11.9. The van der Waals surface area contributed by atoms with Gasteiger partial charge in [0.1, 0.15) is 0 Å². The lowest BCUT2D eigenvalue weighted by atomic mass is 10.2. The fourth-order valence-corrected chi connectivity index (χ4v) is 3.25. The molecule has 0 saturated heterocycles. The lowest BCUT2D eigenvalue weighted by Crippen LogP contribution is -2.27. The number of hydrogen-bond acceptors (Lipinski definition) is 4. The van der Waals surface area contributed by atoms with Crippen LogP contribution in [0.5, 0.6) is 0 Å². The van der Waals surface area contributed by atoms with Crippen molar-refractivity contribution < 1.29 is 0 Å². The Morgan fingerprint density at radius 1 is 1.41 bits per heavy atom. The summed E-state index contributed by atoms with van der Waals surface area (Å²) in [6.07, 6.45) is 2.14. The summed E-state index contributed by atoms with van der Waals surface area (Å²) in [5.74, 6) is 0. The molecule has 0 aliphatic carbocycles. The third kappa shape index (κ3) is 3.91. The highest BCUT2D eigenvalue weighted by atomic mass is 32.1. The fourth-order valence-electron chi connectivity index (χ4n) is 1.67. The Morgan fingerprint density at radius 3 is 2.94 bits per heavy atom. The van der Waals surface area contributed by atoms with Crippen LogP contribution in [-0.2, 0) is 19.4 Å². The average Bonchev–Trinajstić information content (AvgIpc) is 2.96. The van der Waals surface area contributed by atoms with Crippen molar-refractivity contribution in [3.05, 3.63) is 38.5 Å². The zero-order valence-electron chi connectivity index (χ0n) is 10.3. The first-order valence-corrected chi connectivity index (χ1v) is 7.73. The summed E-state index contributed by atoms with van der Waals surface area (Å²) in [7, 11) is 0. The van der Waals surface area contributed by atoms with Crippen LogP contribution in [0.2, 0.25) is 0 Å². The molecule has 1 unspecified atom stereocenters. The van der Waals surface area contributed by atoms with E-state index in [0.29, 0.717) is 6.04 Å². The highest BCUT2D eigenvalue weighted by molar-refractivity contribution is 7.10. The lowest BCUT2D eigenvalue weighted by molar-refractivity contribution is 0.543. The van der Waals surface area contributed by atoms with E-state index in [2.05, 4.69) is 47.0 Å². The molecule has 0 bridgehead atoms. The number of aryl methyl sites for hydroxylation is 1. The van der Waals surface area contributed by atoms with Gasteiger partial charge in [-0.05, 0) is 31.2 Å². The number of nitrogens with one attached hydrogen (secondary N) is 1. The fraction of sp³-hybridized carbons (Fsp3) is 0.462. The van der Waals surface area contributed by atoms with Gasteiger partial charge in [-0.1, -0.05) is 13.0 Å². The van der Waals surface area contributed by atoms with E-state index in [-0.39, 0.29) is 0 Å². The first kappa shape index (κ1) is 12.7. The molecule has 2 heterocycles. The number of nitrogens with zero attached hydrogens (tertiary/aromatic N) is 1. The summed E-state index contributed by atoms with van der Waals surface area (Å²) >= 11 is 3.58. The second kappa shape index (κ2) is 6.28. The molecule has 2 aromatic heterocycles. The molecular formula is C13H18N2S2. The highest BCUT2D eigenvalue weighted by Gasteiger charge is 2.05. The molecule has 2 nitrogen and oxygen atoms in total. The Balaban J connectivity index is 1.77. The van der Waals surface area contributed by atoms with Crippen LogP contribution >= 0.6 is 22.7 Å². The Morgan fingerprint density at radius 2 is 2.29 bits per heavy atom. The quantitative estimate of drug-likeness (QED) is 0.866. The van der Waals surface area contributed by atoms with Gasteiger partial charge in [-0.2, -0.15) is 0 Å². The maximum atomic E-state index is 4.56. The number of aromatic nitrogens is 1. The van der Waals surface area contributed by atoms with E-state index in [1.807, 2.05) is 11.3 Å². The van der Waals surface area contributed by atoms with Gasteiger partial charge < -0.3 is 5.32 Å². The second-order valence-corrected chi connectivity index (χ2v) is 6.13. The van der Waals surface area contributed by atoms with Crippen LogP contribution in [-0.4, -0.2) is 11.0 Å². The molecule has 0 radical (unpaired) electrons. The number of thiophene rings is 1. The van der Waals surface area contributed by atoms with Crippen LogP contribution in [0.1, 0.15) is 29.4 Å². The minimum atomic E-state index is 0.500. The van der Waals surface area contributed by atoms with Crippen LogP contribution in [0.3, 0.4) is 0 Å². The van der Waals surface area contributed by atoms with Crippen molar-refractivity contribution in [1.29, 1.82) is 0 Å². The summed E-state index contributed by atoms with van der Waals surface area (Å²) in [6, 6.07) is 4.81. The smallest absolute Gasteiger partial charge is 0.0926 e. The Kier molecular flexibility index (Phi) is 4.71. The molecule has 2 aromatic rings. The second-order valence-electron chi connectivity index (χ2n) is 4.15. The minimum Gasteiger partial charge on any atom is -0.308 e. The molecule has 0 amide bonds. The van der Waals surface area contributed by atoms with Gasteiger partial charge in [0.2, 0.25) is 0 Å². The molecule has 0 spiro atoms. The molecule has 0 aromatic carbocycles. The van der Waals surface area contributed by atoms with Crippen molar-refractivity contribution in [2.45, 2.75) is 39.3 Å². The Labute approximate surface area is 111 Å². The Bertz CT molecular complexity index is 434. The first-order valence-electron chi connectivity index (χ1n) is 5.97. The molecule has 92 valence electrons. The van der Waals surface area contributed by atoms with Gasteiger partial charge in [-0.3, -0.25) is 0 Å². The summed E-state index contributed by atoms with van der Waals surface area (Å²) in [5.41, 5.74) is 1.17. The van der Waals surface area contributed by atoms with Gasteiger partial charge >= 0.3 is 0 Å². The summed E-state index contributed by atoms with van der Waals surface area (Å²) in [4.78, 5) is 6.00. The van der Waals surface area contributed by atoms with Crippen molar-refractivity contribution in [3.63, 3.8) is 0 Å². The van der Waals surface area contributed by atoms with Crippen molar-refractivity contribution in [2.24, 2.45) is 0 Å². The van der Waals surface area contributed by atoms with Crippen LogP contribution in [0, 0.1) is 0 Å². The molecule has 4 heteroatoms. The molecule has 0 aliphatic heterocycles. The zero-order chi connectivity index (χ0) is 12.1. The molecule has 17 heavy (non-hydrogen) atoms. The number of thiazole rings is 1. The minimum absolute atomic E-state index is 0.500. The largest absolute Gasteiger partial charge is 0.308 e. The van der Waals surface area contributed by atoms with E-state index < -0.39 is 0 Å². The highest BCUT2D eigenvalue weighted by Crippen LogP contribution is 2.12. The predicted octanol–water partition coefficient (Wildman–Crippen LogP) is 3.49. The monoisotopic (exact) mass is 266 g/mol. The SMILES string of the molecule is CCc1nc(CNC(C)Cc2cccs2)cs1. The van der Waals surface area contributed by atoms with E-state index in [1.165, 1.54) is 15.6 Å². The molecule has 1 N–H and O–H groups in total. The van der Waals surface area contributed by atoms with Gasteiger partial charge in [0.15, 0.2) is 0 Å². The molecule has 0 aliphatic rings. The van der Waals surface area contributed by atoms with E-state index in [0.717, 1.165) is 19.4 Å². The van der Waals surface area contributed by atoms with Gasteiger partial charge in [-0.15, -0.1) is 22.7 Å². The van der Waals surface area contributed by atoms with Crippen molar-refractivity contribution in [3.8, 4) is 0 Å². The van der Waals surface area contributed by atoms with E-state index >= 15 is 0 Å². The molecular weight excluding hydrogens is 248 g/mol. The maximum absolute atomic E-state index is 4.56. The van der Waals surface area contributed by atoms with Crippen molar-refractivity contribution >= 4 is 22.7 Å². The topological polar surface area (TPSA) is 24.9 Å². The maximum Gasteiger partial charge on any atom is 0.0926 e. The summed E-state index contributed by atoms with van der Waals surface area (Å²) in [5, 5.41) is 9.05. The summed E-state index contributed by atoms with van der Waals surface area (Å²) in [6.45, 7) is 5.26. The summed E-state index contributed by atoms with van der Waals surface area (Å²) < 4.78 is 0. The number of hydrogen-bond donors (Lipinski definition) is 1. The molecule has 1 atom stereocenters. The molecule has 2 rings (SSSR count). The standard InChI is InChI=1S/C13H18N2S2/c1-3-13-15-11(9-17-13)8-14-10(2)7-12-5-4-6-16-12/h4-6,9-10,14H,3,7-8H2,1-2H3. The number of rotatable bonds is 6. The van der Waals surface area contributed by atoms with E-state index in [9.17, 15) is 0 Å². The van der Waals surface area contributed by atoms with Crippen LogP contribution in [0.25, 0.3) is 0 Å². The van der Waals surface area contributed by atoms with E-state index in [4.69, 9.17) is 0 Å². The third-order valence-corrected chi connectivity index (χ3v) is 4.56. The van der Waals surface area contributed by atoms with Gasteiger partial charge in [0, 0.05) is 22.8 Å². The first-order chi connectivity index (χ1) is 8.28. The third-order valence-electron chi connectivity index (χ3n) is 2.62. The molecule has 0 saturated carbocycles. The van der Waals surface area contributed by atoms with Crippen molar-refractivity contribution in [2.75, 3.05) is 0 Å². The normalized spacial score (nSPS) is 12.8. The van der Waals surface area contributed by atoms with Crippen LogP contribution < -0.4 is 5.32 Å². The average molecular weight is 266 g/mol. The van der Waals surface area contributed by atoms with Gasteiger partial charge in [-0.25, -0.2) is 4.98 Å².